The molecule has 0 radical (unpaired) electrons. The van der Waals surface area contributed by atoms with E-state index in [1.54, 1.807) is 0 Å². The molecule has 2 atom stereocenters. The third-order valence-corrected chi connectivity index (χ3v) is 5.48. The summed E-state index contributed by atoms with van der Waals surface area (Å²) in [6, 6.07) is 0.806. The van der Waals surface area contributed by atoms with E-state index in [2.05, 4.69) is 35.9 Å². The Balaban J connectivity index is 1.88. The average molecular weight is 281 g/mol. The fourth-order valence-corrected chi connectivity index (χ4v) is 4.46. The highest BCUT2D eigenvalue weighted by atomic mass is 15.3. The van der Waals surface area contributed by atoms with Crippen molar-refractivity contribution in [2.24, 2.45) is 5.41 Å². The minimum Gasteiger partial charge on any atom is -0.316 e. The average Bonchev–Trinajstić information content (AvgIpc) is 2.89. The summed E-state index contributed by atoms with van der Waals surface area (Å²) in [6.45, 7) is 15.8. The van der Waals surface area contributed by atoms with E-state index >= 15 is 0 Å². The van der Waals surface area contributed by atoms with Gasteiger partial charge in [0.2, 0.25) is 0 Å². The molecular weight excluding hydrogens is 246 g/mol. The van der Waals surface area contributed by atoms with Gasteiger partial charge in [0.15, 0.2) is 0 Å². The van der Waals surface area contributed by atoms with Gasteiger partial charge in [0.05, 0.1) is 0 Å². The minimum atomic E-state index is 0.561. The molecule has 2 heterocycles. The van der Waals surface area contributed by atoms with Crippen LogP contribution in [0, 0.1) is 5.41 Å². The van der Waals surface area contributed by atoms with Crippen molar-refractivity contribution in [3.8, 4) is 0 Å². The summed E-state index contributed by atoms with van der Waals surface area (Å²) >= 11 is 0. The molecule has 0 aliphatic carbocycles. The molecule has 0 aromatic heterocycles. The van der Waals surface area contributed by atoms with Crippen LogP contribution in [0.25, 0.3) is 0 Å². The summed E-state index contributed by atoms with van der Waals surface area (Å²) in [5.41, 5.74) is 0.561. The highest BCUT2D eigenvalue weighted by Gasteiger charge is 2.36. The van der Waals surface area contributed by atoms with E-state index in [0.717, 1.165) is 6.04 Å². The Labute approximate surface area is 126 Å². The van der Waals surface area contributed by atoms with Crippen molar-refractivity contribution in [1.29, 1.82) is 0 Å². The Morgan fingerprint density at radius 3 is 2.65 bits per heavy atom. The summed E-state index contributed by atoms with van der Waals surface area (Å²) in [6.07, 6.45) is 6.90. The van der Waals surface area contributed by atoms with Crippen molar-refractivity contribution in [3.63, 3.8) is 0 Å². The number of piperidine rings is 1. The molecule has 0 amide bonds. The molecule has 3 heteroatoms. The molecule has 0 bridgehead atoms. The van der Waals surface area contributed by atoms with Gasteiger partial charge >= 0.3 is 0 Å². The van der Waals surface area contributed by atoms with Gasteiger partial charge in [-0.3, -0.25) is 4.90 Å². The van der Waals surface area contributed by atoms with Crippen LogP contribution in [0.3, 0.4) is 0 Å². The van der Waals surface area contributed by atoms with E-state index in [1.807, 2.05) is 0 Å². The lowest BCUT2D eigenvalue weighted by Gasteiger charge is -2.41. The van der Waals surface area contributed by atoms with E-state index in [4.69, 9.17) is 0 Å². The smallest absolute Gasteiger partial charge is 0.0235 e. The van der Waals surface area contributed by atoms with Crippen LogP contribution >= 0.6 is 0 Å². The zero-order valence-corrected chi connectivity index (χ0v) is 14.0. The maximum Gasteiger partial charge on any atom is 0.0235 e. The van der Waals surface area contributed by atoms with Crippen molar-refractivity contribution in [2.75, 3.05) is 45.8 Å². The first-order valence-corrected chi connectivity index (χ1v) is 8.90. The molecule has 0 aromatic carbocycles. The molecule has 2 aliphatic heterocycles. The highest BCUT2D eigenvalue weighted by Crippen LogP contribution is 2.34. The predicted molar refractivity (Wildman–Crippen MR) is 87.2 cm³/mol. The largest absolute Gasteiger partial charge is 0.316 e. The van der Waals surface area contributed by atoms with Crippen LogP contribution in [-0.2, 0) is 0 Å². The van der Waals surface area contributed by atoms with Gasteiger partial charge in [-0.15, -0.1) is 0 Å². The monoisotopic (exact) mass is 281 g/mol. The second-order valence-corrected chi connectivity index (χ2v) is 6.93. The third-order valence-electron chi connectivity index (χ3n) is 5.48. The lowest BCUT2D eigenvalue weighted by Crippen LogP contribution is -2.48. The van der Waals surface area contributed by atoms with E-state index in [9.17, 15) is 0 Å². The molecule has 20 heavy (non-hydrogen) atoms. The maximum absolute atomic E-state index is 3.65. The van der Waals surface area contributed by atoms with Crippen LogP contribution < -0.4 is 5.32 Å². The molecule has 2 aliphatic rings. The SMILES string of the molecule is CCCC1(CN2CCC(N(CC)CC)C2)CCCNC1. The van der Waals surface area contributed by atoms with Crippen molar-refractivity contribution < 1.29 is 0 Å². The third kappa shape index (κ3) is 3.96. The van der Waals surface area contributed by atoms with E-state index in [0.29, 0.717) is 5.41 Å². The van der Waals surface area contributed by atoms with Gasteiger partial charge in [0.1, 0.15) is 0 Å². The number of likely N-dealkylation sites (N-methyl/N-ethyl adjacent to an activating group) is 1. The van der Waals surface area contributed by atoms with Crippen molar-refractivity contribution in [1.82, 2.24) is 15.1 Å². The lowest BCUT2D eigenvalue weighted by atomic mass is 9.76. The predicted octanol–water partition coefficient (Wildman–Crippen LogP) is 2.57. The van der Waals surface area contributed by atoms with Crippen LogP contribution in [0.2, 0.25) is 0 Å². The molecule has 118 valence electrons. The maximum atomic E-state index is 3.65. The topological polar surface area (TPSA) is 18.5 Å². The van der Waals surface area contributed by atoms with Crippen LogP contribution in [0.15, 0.2) is 0 Å². The Bertz CT molecular complexity index is 264. The van der Waals surface area contributed by atoms with Gasteiger partial charge < -0.3 is 10.2 Å². The molecule has 2 fully saturated rings. The Morgan fingerprint density at radius 1 is 1.25 bits per heavy atom. The highest BCUT2D eigenvalue weighted by molar-refractivity contribution is 4.91. The van der Waals surface area contributed by atoms with Gasteiger partial charge in [-0.2, -0.15) is 0 Å². The van der Waals surface area contributed by atoms with Crippen LogP contribution in [0.5, 0.6) is 0 Å². The normalized spacial score (nSPS) is 32.1. The van der Waals surface area contributed by atoms with Gasteiger partial charge in [-0.05, 0) is 57.3 Å². The summed E-state index contributed by atoms with van der Waals surface area (Å²) in [7, 11) is 0. The Hall–Kier alpha value is -0.120. The first-order chi connectivity index (χ1) is 9.73. The quantitative estimate of drug-likeness (QED) is 0.774. The van der Waals surface area contributed by atoms with Crippen molar-refractivity contribution in [2.45, 2.75) is 58.9 Å². The first-order valence-electron chi connectivity index (χ1n) is 8.90. The molecule has 2 rings (SSSR count). The summed E-state index contributed by atoms with van der Waals surface area (Å²) < 4.78 is 0. The van der Waals surface area contributed by atoms with E-state index < -0.39 is 0 Å². The summed E-state index contributed by atoms with van der Waals surface area (Å²) in [4.78, 5) is 5.40. The van der Waals surface area contributed by atoms with E-state index in [1.165, 1.54) is 77.9 Å². The fourth-order valence-electron chi connectivity index (χ4n) is 4.46. The number of rotatable bonds is 7. The molecule has 2 unspecified atom stereocenters. The first kappa shape index (κ1) is 16.3. The Morgan fingerprint density at radius 2 is 2.05 bits per heavy atom. The number of likely N-dealkylation sites (tertiary alicyclic amines) is 1. The molecule has 2 saturated heterocycles. The van der Waals surface area contributed by atoms with Gasteiger partial charge in [-0.1, -0.05) is 27.2 Å². The number of nitrogens with zero attached hydrogens (tertiary/aromatic N) is 2. The van der Waals surface area contributed by atoms with Crippen LogP contribution in [-0.4, -0.2) is 61.7 Å². The van der Waals surface area contributed by atoms with Gasteiger partial charge in [0.25, 0.3) is 0 Å². The second kappa shape index (κ2) is 7.77. The molecule has 0 aromatic rings. The fraction of sp³-hybridized carbons (Fsp3) is 1.00. The lowest BCUT2D eigenvalue weighted by molar-refractivity contribution is 0.113. The van der Waals surface area contributed by atoms with Gasteiger partial charge in [0, 0.05) is 25.7 Å². The minimum absolute atomic E-state index is 0.561. The number of hydrogen-bond acceptors (Lipinski definition) is 3. The van der Waals surface area contributed by atoms with Gasteiger partial charge in [-0.25, -0.2) is 0 Å². The van der Waals surface area contributed by atoms with Crippen molar-refractivity contribution in [3.05, 3.63) is 0 Å². The summed E-state index contributed by atoms with van der Waals surface area (Å²) in [5.74, 6) is 0. The zero-order valence-electron chi connectivity index (χ0n) is 14.0. The Kier molecular flexibility index (Phi) is 6.31. The molecule has 1 N–H and O–H groups in total. The standard InChI is InChI=1S/C17H35N3/c1-4-9-17(10-7-11-18-14-17)15-19-12-8-16(13-19)20(5-2)6-3/h16,18H,4-15H2,1-3H3. The molecule has 3 nitrogen and oxygen atoms in total. The zero-order chi connectivity index (χ0) is 14.4. The molecule has 0 spiro atoms. The number of hydrogen-bond donors (Lipinski definition) is 1. The molecule has 0 saturated carbocycles. The van der Waals surface area contributed by atoms with Crippen LogP contribution in [0.4, 0.5) is 0 Å². The second-order valence-electron chi connectivity index (χ2n) is 6.93. The summed E-state index contributed by atoms with van der Waals surface area (Å²) in [5, 5.41) is 3.65. The number of nitrogens with one attached hydrogen (secondary N) is 1. The molecular formula is C17H35N3. The van der Waals surface area contributed by atoms with Crippen molar-refractivity contribution >= 4 is 0 Å². The van der Waals surface area contributed by atoms with Crippen LogP contribution in [0.1, 0.15) is 52.9 Å². The van der Waals surface area contributed by atoms with E-state index in [-0.39, 0.29) is 0 Å².